The first kappa shape index (κ1) is 16.5. The fourth-order valence-corrected chi connectivity index (χ4v) is 2.94. The van der Waals surface area contributed by atoms with Crippen LogP contribution in [-0.2, 0) is 6.42 Å². The average Bonchev–Trinajstić information content (AvgIpc) is 3.11. The van der Waals surface area contributed by atoms with E-state index in [1.54, 1.807) is 11.2 Å². The van der Waals surface area contributed by atoms with Gasteiger partial charge in [-0.15, -0.1) is 0 Å². The molecular formula is C18H23N3O3. The van der Waals surface area contributed by atoms with E-state index in [9.17, 15) is 9.90 Å². The zero-order chi connectivity index (χ0) is 16.8. The lowest BCUT2D eigenvalue weighted by Crippen LogP contribution is -2.46. The number of piperidine rings is 1. The van der Waals surface area contributed by atoms with Crippen molar-refractivity contribution >= 4 is 6.03 Å². The van der Waals surface area contributed by atoms with E-state index in [4.69, 9.17) is 4.42 Å². The van der Waals surface area contributed by atoms with Crippen molar-refractivity contribution in [2.45, 2.75) is 19.3 Å². The van der Waals surface area contributed by atoms with E-state index >= 15 is 0 Å². The molecule has 6 nitrogen and oxygen atoms in total. The van der Waals surface area contributed by atoms with E-state index in [1.165, 1.54) is 0 Å². The van der Waals surface area contributed by atoms with Crippen LogP contribution < -0.4 is 5.32 Å². The van der Waals surface area contributed by atoms with Gasteiger partial charge in [0.15, 0.2) is 0 Å². The minimum Gasteiger partial charge on any atom is -0.444 e. The number of rotatable bonds is 5. The molecule has 0 saturated carbocycles. The molecule has 1 aromatic carbocycles. The predicted molar refractivity (Wildman–Crippen MR) is 90.4 cm³/mol. The number of oxazole rings is 1. The summed E-state index contributed by atoms with van der Waals surface area (Å²) in [6.45, 7) is 2.04. The van der Waals surface area contributed by atoms with E-state index in [2.05, 4.69) is 10.3 Å². The van der Waals surface area contributed by atoms with Gasteiger partial charge in [-0.05, 0) is 30.9 Å². The van der Waals surface area contributed by atoms with Crippen LogP contribution in [0.4, 0.5) is 4.79 Å². The first-order valence-electron chi connectivity index (χ1n) is 8.39. The van der Waals surface area contributed by atoms with Gasteiger partial charge in [-0.2, -0.15) is 0 Å². The van der Waals surface area contributed by atoms with Crippen molar-refractivity contribution in [3.05, 3.63) is 42.3 Å². The Hall–Kier alpha value is -2.34. The smallest absolute Gasteiger partial charge is 0.317 e. The molecular weight excluding hydrogens is 306 g/mol. The van der Waals surface area contributed by atoms with Crippen molar-refractivity contribution in [3.63, 3.8) is 0 Å². The number of aliphatic hydroxyl groups is 1. The van der Waals surface area contributed by atoms with Crippen LogP contribution in [0.25, 0.3) is 11.5 Å². The van der Waals surface area contributed by atoms with Crippen molar-refractivity contribution in [1.82, 2.24) is 15.2 Å². The molecule has 0 bridgehead atoms. The van der Waals surface area contributed by atoms with Gasteiger partial charge in [0.1, 0.15) is 6.26 Å². The third kappa shape index (κ3) is 4.14. The number of nitrogens with zero attached hydrogens (tertiary/aromatic N) is 2. The molecule has 2 heterocycles. The quantitative estimate of drug-likeness (QED) is 0.882. The summed E-state index contributed by atoms with van der Waals surface area (Å²) in [6, 6.07) is 9.66. The van der Waals surface area contributed by atoms with Gasteiger partial charge >= 0.3 is 6.03 Å². The minimum atomic E-state index is -0.0695. The molecule has 24 heavy (non-hydrogen) atoms. The average molecular weight is 329 g/mol. The Labute approximate surface area is 141 Å². The van der Waals surface area contributed by atoms with Crippen LogP contribution in [0.2, 0.25) is 0 Å². The monoisotopic (exact) mass is 329 g/mol. The number of hydrogen-bond acceptors (Lipinski definition) is 4. The number of amides is 2. The highest BCUT2D eigenvalue weighted by molar-refractivity contribution is 5.74. The fourth-order valence-electron chi connectivity index (χ4n) is 2.94. The maximum atomic E-state index is 12.2. The second-order valence-corrected chi connectivity index (χ2v) is 6.13. The second kappa shape index (κ2) is 7.97. The topological polar surface area (TPSA) is 78.6 Å². The Bertz CT molecular complexity index is 657. The van der Waals surface area contributed by atoms with Crippen molar-refractivity contribution < 1.29 is 14.3 Å². The Morgan fingerprint density at radius 1 is 1.38 bits per heavy atom. The van der Waals surface area contributed by atoms with Gasteiger partial charge in [0.25, 0.3) is 0 Å². The third-order valence-corrected chi connectivity index (χ3v) is 4.29. The Kier molecular flexibility index (Phi) is 5.48. The molecule has 0 spiro atoms. The summed E-state index contributed by atoms with van der Waals surface area (Å²) >= 11 is 0. The largest absolute Gasteiger partial charge is 0.444 e. The minimum absolute atomic E-state index is 0.0695. The van der Waals surface area contributed by atoms with Gasteiger partial charge in [0, 0.05) is 38.2 Å². The van der Waals surface area contributed by atoms with Crippen LogP contribution in [0.5, 0.6) is 0 Å². The number of aliphatic hydroxyl groups excluding tert-OH is 1. The molecule has 6 heteroatoms. The Morgan fingerprint density at radius 2 is 2.21 bits per heavy atom. The summed E-state index contributed by atoms with van der Waals surface area (Å²) in [6.07, 6.45) is 4.19. The molecule has 1 saturated heterocycles. The number of benzene rings is 1. The second-order valence-electron chi connectivity index (χ2n) is 6.13. The normalized spacial score (nSPS) is 17.7. The SMILES string of the molecule is O=C(NCCc1coc(-c2ccccc2)n1)N1CCC[C@H](CO)C1. The number of nitrogens with one attached hydrogen (secondary N) is 1. The van der Waals surface area contributed by atoms with Crippen molar-refractivity contribution in [2.24, 2.45) is 5.92 Å². The summed E-state index contributed by atoms with van der Waals surface area (Å²) < 4.78 is 5.49. The number of carbonyl (C=O) groups excluding carboxylic acids is 1. The number of aromatic nitrogens is 1. The summed E-state index contributed by atoms with van der Waals surface area (Å²) in [4.78, 5) is 18.4. The van der Waals surface area contributed by atoms with Crippen LogP contribution in [-0.4, -0.2) is 47.3 Å². The van der Waals surface area contributed by atoms with Gasteiger partial charge in [0.05, 0.1) is 5.69 Å². The van der Waals surface area contributed by atoms with E-state index in [0.29, 0.717) is 25.4 Å². The lowest BCUT2D eigenvalue weighted by molar-refractivity contribution is 0.129. The van der Waals surface area contributed by atoms with E-state index in [1.807, 2.05) is 30.3 Å². The van der Waals surface area contributed by atoms with Crippen molar-refractivity contribution in [1.29, 1.82) is 0 Å². The standard InChI is InChI=1S/C18H23N3O3/c22-12-14-5-4-10-21(11-14)18(23)19-9-8-16-13-24-17(20-16)15-6-2-1-3-7-15/h1-3,6-7,13-14,22H,4-5,8-12H2,(H,19,23)/t14-/m0/s1. The highest BCUT2D eigenvalue weighted by atomic mass is 16.3. The first-order valence-corrected chi connectivity index (χ1v) is 8.39. The zero-order valence-corrected chi connectivity index (χ0v) is 13.6. The summed E-state index contributed by atoms with van der Waals surface area (Å²) in [5.41, 5.74) is 1.76. The summed E-state index contributed by atoms with van der Waals surface area (Å²) in [5, 5.41) is 12.2. The summed E-state index contributed by atoms with van der Waals surface area (Å²) in [5.74, 6) is 0.798. The van der Waals surface area contributed by atoms with Crippen LogP contribution in [0.3, 0.4) is 0 Å². The molecule has 1 aromatic heterocycles. The fraction of sp³-hybridized carbons (Fsp3) is 0.444. The lowest BCUT2D eigenvalue weighted by Gasteiger charge is -2.31. The molecule has 1 aliphatic rings. The predicted octanol–water partition coefficient (Wildman–Crippen LogP) is 2.30. The first-order chi connectivity index (χ1) is 11.8. The van der Waals surface area contributed by atoms with Gasteiger partial charge in [-0.25, -0.2) is 9.78 Å². The highest BCUT2D eigenvalue weighted by Gasteiger charge is 2.22. The van der Waals surface area contributed by atoms with Crippen LogP contribution in [0.1, 0.15) is 18.5 Å². The molecule has 128 valence electrons. The van der Waals surface area contributed by atoms with Gasteiger partial charge in [0.2, 0.25) is 5.89 Å². The van der Waals surface area contributed by atoms with E-state index in [0.717, 1.165) is 30.6 Å². The highest BCUT2D eigenvalue weighted by Crippen LogP contribution is 2.18. The molecule has 1 aliphatic heterocycles. The Morgan fingerprint density at radius 3 is 3.00 bits per heavy atom. The molecule has 1 atom stereocenters. The number of hydrogen-bond donors (Lipinski definition) is 2. The molecule has 2 amide bonds. The van der Waals surface area contributed by atoms with Crippen LogP contribution in [0, 0.1) is 5.92 Å². The number of likely N-dealkylation sites (tertiary alicyclic amines) is 1. The molecule has 1 fully saturated rings. The molecule has 2 N–H and O–H groups in total. The molecule has 3 rings (SSSR count). The summed E-state index contributed by atoms with van der Waals surface area (Å²) in [7, 11) is 0. The van der Waals surface area contributed by atoms with Gasteiger partial charge in [-0.3, -0.25) is 0 Å². The number of urea groups is 1. The lowest BCUT2D eigenvalue weighted by atomic mass is 9.99. The van der Waals surface area contributed by atoms with E-state index < -0.39 is 0 Å². The van der Waals surface area contributed by atoms with Crippen LogP contribution >= 0.6 is 0 Å². The molecule has 0 radical (unpaired) electrons. The maximum absolute atomic E-state index is 12.2. The molecule has 2 aromatic rings. The van der Waals surface area contributed by atoms with E-state index in [-0.39, 0.29) is 18.6 Å². The Balaban J connectivity index is 1.46. The van der Waals surface area contributed by atoms with Crippen LogP contribution in [0.15, 0.2) is 41.0 Å². The molecule has 0 unspecified atom stereocenters. The molecule has 0 aliphatic carbocycles. The van der Waals surface area contributed by atoms with Gasteiger partial charge in [-0.1, -0.05) is 18.2 Å². The third-order valence-electron chi connectivity index (χ3n) is 4.29. The van der Waals surface area contributed by atoms with Crippen molar-refractivity contribution in [3.8, 4) is 11.5 Å². The maximum Gasteiger partial charge on any atom is 0.317 e. The van der Waals surface area contributed by atoms with Gasteiger partial charge < -0.3 is 19.7 Å². The zero-order valence-electron chi connectivity index (χ0n) is 13.6. The van der Waals surface area contributed by atoms with Crippen molar-refractivity contribution in [2.75, 3.05) is 26.2 Å². The number of carbonyl (C=O) groups is 1.